The minimum Gasteiger partial charge on any atom is -0.395 e. The molecule has 1 saturated heterocycles. The van der Waals surface area contributed by atoms with Gasteiger partial charge in [-0.15, -0.1) is 0 Å². The molecule has 0 spiro atoms. The number of nitrogens with one attached hydrogen (secondary N) is 1. The van der Waals surface area contributed by atoms with E-state index in [0.29, 0.717) is 17.9 Å². The number of aliphatic hydroxyl groups excluding tert-OH is 1. The second kappa shape index (κ2) is 7.77. The van der Waals surface area contributed by atoms with Crippen LogP contribution in [0.2, 0.25) is 0 Å². The maximum absolute atomic E-state index is 9.22. The average Bonchev–Trinajstić information content (AvgIpc) is 2.46. The lowest BCUT2D eigenvalue weighted by Gasteiger charge is -2.38. The summed E-state index contributed by atoms with van der Waals surface area (Å²) in [6, 6.07) is 11.3. The van der Waals surface area contributed by atoms with Gasteiger partial charge in [-0.25, -0.2) is 0 Å². The highest BCUT2D eigenvalue weighted by atomic mass is 16.3. The van der Waals surface area contributed by atoms with Gasteiger partial charge in [0.05, 0.1) is 6.61 Å². The fourth-order valence-corrected chi connectivity index (χ4v) is 3.03. The second-order valence-corrected chi connectivity index (χ2v) is 6.33. The summed E-state index contributed by atoms with van der Waals surface area (Å²) in [5.74, 6) is 1.25. The Hall–Kier alpha value is -0.900. The molecule has 0 amide bonds. The highest BCUT2D eigenvalue weighted by Crippen LogP contribution is 2.26. The van der Waals surface area contributed by atoms with Crippen LogP contribution in [0.4, 0.5) is 0 Å². The number of hydrogen-bond donors (Lipinski definition) is 2. The second-order valence-electron chi connectivity index (χ2n) is 6.33. The lowest BCUT2D eigenvalue weighted by molar-refractivity contribution is 0.137. The lowest BCUT2D eigenvalue weighted by atomic mass is 9.88. The Morgan fingerprint density at radius 2 is 2.00 bits per heavy atom. The minimum atomic E-state index is 0.248. The van der Waals surface area contributed by atoms with Gasteiger partial charge in [-0.3, -0.25) is 4.90 Å². The first-order valence-corrected chi connectivity index (χ1v) is 7.80. The van der Waals surface area contributed by atoms with E-state index in [9.17, 15) is 5.11 Å². The standard InChI is InChI=1S/C17H28N2O/c1-14(2)11-18-17-10-16(12-19(13-17)8-9-20)15-6-4-3-5-7-15/h3-7,14,16-18,20H,8-13H2,1-2H3. The molecule has 2 rings (SSSR count). The molecule has 1 heterocycles. The average molecular weight is 276 g/mol. The van der Waals surface area contributed by atoms with Crippen molar-refractivity contribution in [2.45, 2.75) is 32.2 Å². The van der Waals surface area contributed by atoms with Crippen LogP contribution < -0.4 is 5.32 Å². The molecule has 1 fully saturated rings. The van der Waals surface area contributed by atoms with Crippen molar-refractivity contribution in [2.75, 3.05) is 32.8 Å². The van der Waals surface area contributed by atoms with E-state index in [2.05, 4.69) is 54.4 Å². The summed E-state index contributed by atoms with van der Waals surface area (Å²) >= 11 is 0. The van der Waals surface area contributed by atoms with Crippen LogP contribution in [0.25, 0.3) is 0 Å². The number of benzene rings is 1. The summed E-state index contributed by atoms with van der Waals surface area (Å²) in [6.45, 7) is 8.70. The third kappa shape index (κ3) is 4.58. The topological polar surface area (TPSA) is 35.5 Å². The van der Waals surface area contributed by atoms with Gasteiger partial charge < -0.3 is 10.4 Å². The van der Waals surface area contributed by atoms with Gasteiger partial charge in [-0.2, -0.15) is 0 Å². The number of rotatable bonds is 6. The molecule has 1 aliphatic rings. The Labute approximate surface area is 123 Å². The Kier molecular flexibility index (Phi) is 6.02. The molecule has 2 unspecified atom stereocenters. The maximum atomic E-state index is 9.22. The molecule has 0 aliphatic carbocycles. The summed E-state index contributed by atoms with van der Waals surface area (Å²) in [7, 11) is 0. The first kappa shape index (κ1) is 15.5. The first-order chi connectivity index (χ1) is 9.69. The van der Waals surface area contributed by atoms with Crippen LogP contribution in [0.5, 0.6) is 0 Å². The molecule has 20 heavy (non-hydrogen) atoms. The SMILES string of the molecule is CC(C)CNC1CC(c2ccccc2)CN(CCO)C1. The van der Waals surface area contributed by atoms with Crippen molar-refractivity contribution >= 4 is 0 Å². The summed E-state index contributed by atoms with van der Waals surface area (Å²) < 4.78 is 0. The fourth-order valence-electron chi connectivity index (χ4n) is 3.03. The van der Waals surface area contributed by atoms with Gasteiger partial charge >= 0.3 is 0 Å². The number of likely N-dealkylation sites (tertiary alicyclic amines) is 1. The maximum Gasteiger partial charge on any atom is 0.0558 e. The van der Waals surface area contributed by atoms with Crippen molar-refractivity contribution < 1.29 is 5.11 Å². The molecule has 112 valence electrons. The largest absolute Gasteiger partial charge is 0.395 e. The normalized spacial score (nSPS) is 24.2. The van der Waals surface area contributed by atoms with Gasteiger partial charge in [-0.05, 0) is 30.4 Å². The summed E-state index contributed by atoms with van der Waals surface area (Å²) in [5.41, 5.74) is 1.42. The van der Waals surface area contributed by atoms with Crippen LogP contribution in [0.15, 0.2) is 30.3 Å². The molecular weight excluding hydrogens is 248 g/mol. The van der Waals surface area contributed by atoms with Gasteiger partial charge in [0, 0.05) is 25.7 Å². The van der Waals surface area contributed by atoms with E-state index in [1.54, 1.807) is 0 Å². The smallest absolute Gasteiger partial charge is 0.0558 e. The number of nitrogens with zero attached hydrogens (tertiary/aromatic N) is 1. The Morgan fingerprint density at radius 1 is 1.25 bits per heavy atom. The van der Waals surface area contributed by atoms with Gasteiger partial charge in [0.25, 0.3) is 0 Å². The molecule has 1 aromatic rings. The quantitative estimate of drug-likeness (QED) is 0.835. The number of piperidine rings is 1. The van der Waals surface area contributed by atoms with Crippen LogP contribution in [-0.4, -0.2) is 48.8 Å². The molecular formula is C17H28N2O. The van der Waals surface area contributed by atoms with Crippen molar-refractivity contribution in [3.8, 4) is 0 Å². The molecule has 0 radical (unpaired) electrons. The molecule has 0 aromatic heterocycles. The lowest BCUT2D eigenvalue weighted by Crippen LogP contribution is -2.49. The highest BCUT2D eigenvalue weighted by Gasteiger charge is 2.27. The third-order valence-corrected chi connectivity index (χ3v) is 4.03. The fraction of sp³-hybridized carbons (Fsp3) is 0.647. The molecule has 1 aromatic carbocycles. The number of hydrogen-bond acceptors (Lipinski definition) is 3. The van der Waals surface area contributed by atoms with E-state index in [1.807, 2.05) is 0 Å². The minimum absolute atomic E-state index is 0.248. The zero-order chi connectivity index (χ0) is 14.4. The Bertz CT molecular complexity index is 380. The van der Waals surface area contributed by atoms with Gasteiger partial charge in [0.2, 0.25) is 0 Å². The van der Waals surface area contributed by atoms with Crippen molar-refractivity contribution in [3.63, 3.8) is 0 Å². The Morgan fingerprint density at radius 3 is 2.65 bits per heavy atom. The van der Waals surface area contributed by atoms with Crippen LogP contribution in [0.1, 0.15) is 31.7 Å². The zero-order valence-electron chi connectivity index (χ0n) is 12.8. The predicted molar refractivity (Wildman–Crippen MR) is 84.0 cm³/mol. The number of aliphatic hydroxyl groups is 1. The van der Waals surface area contributed by atoms with E-state index in [1.165, 1.54) is 12.0 Å². The molecule has 1 aliphatic heterocycles. The summed E-state index contributed by atoms with van der Waals surface area (Å²) in [4.78, 5) is 2.39. The molecule has 2 N–H and O–H groups in total. The summed E-state index contributed by atoms with van der Waals surface area (Å²) in [5, 5.41) is 12.9. The van der Waals surface area contributed by atoms with Crippen LogP contribution >= 0.6 is 0 Å². The predicted octanol–water partition coefficient (Wildman–Crippen LogP) is 2.08. The monoisotopic (exact) mass is 276 g/mol. The number of β-amino-alcohol motifs (C(OH)–C–C–N with tert-alkyl or cyclic N) is 1. The molecule has 0 saturated carbocycles. The first-order valence-electron chi connectivity index (χ1n) is 7.80. The van der Waals surface area contributed by atoms with Gasteiger partial charge in [0.1, 0.15) is 0 Å². The van der Waals surface area contributed by atoms with E-state index in [-0.39, 0.29) is 6.61 Å². The zero-order valence-corrected chi connectivity index (χ0v) is 12.8. The van der Waals surface area contributed by atoms with E-state index >= 15 is 0 Å². The van der Waals surface area contributed by atoms with Crippen molar-refractivity contribution in [1.29, 1.82) is 0 Å². The van der Waals surface area contributed by atoms with Crippen LogP contribution in [-0.2, 0) is 0 Å². The van der Waals surface area contributed by atoms with Crippen molar-refractivity contribution in [3.05, 3.63) is 35.9 Å². The molecule has 3 heteroatoms. The Balaban J connectivity index is 2.00. The van der Waals surface area contributed by atoms with Crippen LogP contribution in [0.3, 0.4) is 0 Å². The highest BCUT2D eigenvalue weighted by molar-refractivity contribution is 5.21. The van der Waals surface area contributed by atoms with Crippen molar-refractivity contribution in [2.24, 2.45) is 5.92 Å². The third-order valence-electron chi connectivity index (χ3n) is 4.03. The van der Waals surface area contributed by atoms with Gasteiger partial charge in [0.15, 0.2) is 0 Å². The van der Waals surface area contributed by atoms with Crippen LogP contribution in [0, 0.1) is 5.92 Å². The summed E-state index contributed by atoms with van der Waals surface area (Å²) in [6.07, 6.45) is 1.19. The van der Waals surface area contributed by atoms with Gasteiger partial charge in [-0.1, -0.05) is 44.2 Å². The van der Waals surface area contributed by atoms with E-state index in [4.69, 9.17) is 0 Å². The van der Waals surface area contributed by atoms with E-state index in [0.717, 1.165) is 26.2 Å². The van der Waals surface area contributed by atoms with Crippen molar-refractivity contribution in [1.82, 2.24) is 10.2 Å². The van der Waals surface area contributed by atoms with E-state index < -0.39 is 0 Å². The molecule has 3 nitrogen and oxygen atoms in total. The molecule has 2 atom stereocenters. The molecule has 0 bridgehead atoms.